The fraction of sp³-hybridized carbons (Fsp3) is 0.458. The summed E-state index contributed by atoms with van der Waals surface area (Å²) in [6.45, 7) is 16.0. The molecule has 0 aliphatic carbocycles. The fourth-order valence-electron chi connectivity index (χ4n) is 3.89. The summed E-state index contributed by atoms with van der Waals surface area (Å²) in [5.41, 5.74) is 12.0. The van der Waals surface area contributed by atoms with E-state index < -0.39 is 0 Å². The molecule has 2 aromatic rings. The highest BCUT2D eigenvalue weighted by atomic mass is 16.1. The molecule has 0 spiro atoms. The molecule has 0 amide bonds. The van der Waals surface area contributed by atoms with E-state index in [9.17, 15) is 4.79 Å². The van der Waals surface area contributed by atoms with Crippen LogP contribution in [-0.4, -0.2) is 58.4 Å². The van der Waals surface area contributed by atoms with Crippen LogP contribution in [0.1, 0.15) is 25.0 Å². The van der Waals surface area contributed by atoms with Crippen LogP contribution in [0.4, 0.5) is 17.2 Å². The first kappa shape index (κ1) is 25.0. The van der Waals surface area contributed by atoms with Crippen LogP contribution in [-0.2, 0) is 6.42 Å². The van der Waals surface area contributed by atoms with E-state index in [2.05, 4.69) is 47.7 Å². The van der Waals surface area contributed by atoms with E-state index in [0.717, 1.165) is 45.6 Å². The Morgan fingerprint density at radius 1 is 1.34 bits per heavy atom. The van der Waals surface area contributed by atoms with E-state index in [1.165, 1.54) is 0 Å². The van der Waals surface area contributed by atoms with Crippen molar-refractivity contribution in [1.29, 1.82) is 0 Å². The third-order valence-electron chi connectivity index (χ3n) is 5.42. The van der Waals surface area contributed by atoms with Gasteiger partial charge in [-0.3, -0.25) is 15.2 Å². The van der Waals surface area contributed by atoms with Crippen molar-refractivity contribution < 1.29 is 5.01 Å². The maximum absolute atomic E-state index is 13.8. The summed E-state index contributed by atoms with van der Waals surface area (Å²) in [5, 5.41) is 8.61. The predicted molar refractivity (Wildman–Crippen MR) is 137 cm³/mol. The fourth-order valence-corrected chi connectivity index (χ4v) is 3.89. The molecule has 8 heteroatoms. The standard InChI is InChI=1S/C24H37N7O/c1-9-14-26-16-13-18-17(4)21(29(6)7)24(32)31-22(18)19(12-15-25-5)20(27-10-2)23(31)28-30(8)11-3/h13-14,26-27,30H,1,5,10-12,15-16H2,2-4,6-8H3/b18-13-. The van der Waals surface area contributed by atoms with Gasteiger partial charge < -0.3 is 24.9 Å². The Bertz CT molecular complexity index is 1110. The van der Waals surface area contributed by atoms with Crippen molar-refractivity contribution in [3.63, 3.8) is 0 Å². The normalized spacial score (nSPS) is 12.4. The molecule has 0 fully saturated rings. The highest BCUT2D eigenvalue weighted by Crippen LogP contribution is 2.35. The van der Waals surface area contributed by atoms with E-state index >= 15 is 0 Å². The van der Waals surface area contributed by atoms with Gasteiger partial charge in [0.15, 0.2) is 5.56 Å². The summed E-state index contributed by atoms with van der Waals surface area (Å²) < 4.78 is 1.77. The molecule has 3 N–H and O–H groups in total. The second-order valence-corrected chi connectivity index (χ2v) is 7.84. The van der Waals surface area contributed by atoms with E-state index in [-0.39, 0.29) is 5.56 Å². The van der Waals surface area contributed by atoms with Crippen molar-refractivity contribution in [2.24, 2.45) is 4.99 Å². The van der Waals surface area contributed by atoms with E-state index in [1.807, 2.05) is 39.9 Å². The van der Waals surface area contributed by atoms with Gasteiger partial charge in [0.2, 0.25) is 0 Å². The highest BCUT2D eigenvalue weighted by molar-refractivity contribution is 5.85. The monoisotopic (exact) mass is 439 g/mol. The number of nitrogens with one attached hydrogen (secondary N) is 3. The molecule has 1 atom stereocenters. The number of rotatable bonds is 12. The van der Waals surface area contributed by atoms with Gasteiger partial charge in [-0.05, 0) is 55.8 Å². The zero-order chi connectivity index (χ0) is 23.8. The number of fused-ring (bicyclic) bond motifs is 1. The van der Waals surface area contributed by atoms with Crippen LogP contribution in [0.15, 0.2) is 28.3 Å². The van der Waals surface area contributed by atoms with Crippen LogP contribution in [0.3, 0.4) is 0 Å². The number of hydrogen-bond donors (Lipinski definition) is 3. The van der Waals surface area contributed by atoms with E-state index in [4.69, 9.17) is 5.43 Å². The van der Waals surface area contributed by atoms with Gasteiger partial charge in [-0.25, -0.2) is 0 Å². The van der Waals surface area contributed by atoms with Gasteiger partial charge in [0.1, 0.15) is 0 Å². The first-order valence-electron chi connectivity index (χ1n) is 11.0. The summed E-state index contributed by atoms with van der Waals surface area (Å²) in [7, 11) is 5.79. The van der Waals surface area contributed by atoms with Crippen LogP contribution >= 0.6 is 0 Å². The average molecular weight is 440 g/mol. The van der Waals surface area contributed by atoms with Gasteiger partial charge in [0.25, 0.3) is 0 Å². The zero-order valence-corrected chi connectivity index (χ0v) is 20.3. The molecule has 0 aromatic carbocycles. The third kappa shape index (κ3) is 4.98. The summed E-state index contributed by atoms with van der Waals surface area (Å²) in [6.07, 6.45) is 4.45. The molecule has 2 rings (SSSR count). The lowest BCUT2D eigenvalue weighted by Crippen LogP contribution is -3.03. The quantitative estimate of drug-likeness (QED) is 0.201. The van der Waals surface area contributed by atoms with Gasteiger partial charge >= 0.3 is 0 Å². The minimum atomic E-state index is -0.0711. The second kappa shape index (κ2) is 11.4. The molecule has 8 nitrogen and oxygen atoms in total. The lowest BCUT2D eigenvalue weighted by atomic mass is 10.1. The van der Waals surface area contributed by atoms with Gasteiger partial charge in [0, 0.05) is 51.4 Å². The van der Waals surface area contributed by atoms with E-state index in [1.54, 1.807) is 10.6 Å². The van der Waals surface area contributed by atoms with Crippen molar-refractivity contribution >= 4 is 35.5 Å². The number of aromatic nitrogens is 1. The van der Waals surface area contributed by atoms with Crippen molar-refractivity contribution in [3.05, 3.63) is 50.6 Å². The zero-order valence-electron chi connectivity index (χ0n) is 20.3. The molecule has 0 saturated heterocycles. The molecule has 0 bridgehead atoms. The number of quaternary nitrogens is 1. The van der Waals surface area contributed by atoms with Crippen molar-refractivity contribution in [2.75, 3.05) is 57.5 Å². The van der Waals surface area contributed by atoms with Crippen LogP contribution in [0, 0.1) is 6.92 Å². The van der Waals surface area contributed by atoms with Crippen LogP contribution in [0.5, 0.6) is 0 Å². The van der Waals surface area contributed by atoms with Gasteiger partial charge in [-0.15, -0.1) is 5.73 Å². The summed E-state index contributed by atoms with van der Waals surface area (Å²) in [4.78, 5) is 19.7. The molecule has 1 unspecified atom stereocenters. The summed E-state index contributed by atoms with van der Waals surface area (Å²) >= 11 is 0. The molecule has 0 saturated carbocycles. The second-order valence-electron chi connectivity index (χ2n) is 7.84. The van der Waals surface area contributed by atoms with E-state index in [0.29, 0.717) is 31.0 Å². The largest absolute Gasteiger partial charge is 0.385 e. The Morgan fingerprint density at radius 2 is 2.06 bits per heavy atom. The lowest BCUT2D eigenvalue weighted by Gasteiger charge is -2.24. The Balaban J connectivity index is 3.08. The molecule has 0 radical (unpaired) electrons. The molecule has 174 valence electrons. The lowest BCUT2D eigenvalue weighted by molar-refractivity contribution is -0.834. The maximum Gasteiger partial charge on any atom is 0.199 e. The molecule has 2 aromatic heterocycles. The summed E-state index contributed by atoms with van der Waals surface area (Å²) in [6, 6.07) is 0. The van der Waals surface area contributed by atoms with Crippen LogP contribution in [0.25, 0.3) is 17.0 Å². The third-order valence-corrected chi connectivity index (χ3v) is 5.42. The number of aliphatic imine (C=N–C) groups is 1. The van der Waals surface area contributed by atoms with Crippen LogP contribution < -0.4 is 31.3 Å². The molecule has 32 heavy (non-hydrogen) atoms. The smallest absolute Gasteiger partial charge is 0.199 e. The van der Waals surface area contributed by atoms with Gasteiger partial charge in [-0.1, -0.05) is 12.7 Å². The molecule has 0 aliphatic rings. The first-order valence-corrected chi connectivity index (χ1v) is 11.0. The molecule has 0 aliphatic heterocycles. The van der Waals surface area contributed by atoms with Crippen molar-refractivity contribution in [3.8, 4) is 0 Å². The van der Waals surface area contributed by atoms with Crippen molar-refractivity contribution in [2.45, 2.75) is 27.2 Å². The van der Waals surface area contributed by atoms with Gasteiger partial charge in [-0.2, -0.15) is 0 Å². The topological polar surface area (TPSA) is 79.7 Å². The first-order chi connectivity index (χ1) is 15.3. The maximum atomic E-state index is 13.8. The van der Waals surface area contributed by atoms with Crippen molar-refractivity contribution in [1.82, 2.24) is 9.72 Å². The Labute approximate surface area is 191 Å². The molecular weight excluding hydrogens is 402 g/mol. The predicted octanol–water partition coefficient (Wildman–Crippen LogP) is 1.19. The number of nitrogens with zero attached hydrogens (tertiary/aromatic N) is 4. The number of anilines is 2. The Kier molecular flexibility index (Phi) is 8.93. The number of pyridine rings is 1. The molecule has 2 heterocycles. The molecular formula is C24H37N7O. The van der Waals surface area contributed by atoms with Crippen LogP contribution in [0.2, 0.25) is 0 Å². The Hall–Kier alpha value is -3.22. The minimum Gasteiger partial charge on any atom is -0.385 e. The average Bonchev–Trinajstić information content (AvgIpc) is 3.04. The summed E-state index contributed by atoms with van der Waals surface area (Å²) in [5.74, 6) is 0.655. The number of hydrogen-bond acceptors (Lipinski definition) is 5. The highest BCUT2D eigenvalue weighted by Gasteiger charge is 2.20. The minimum absolute atomic E-state index is 0.0711. The van der Waals surface area contributed by atoms with Gasteiger partial charge in [0.05, 0.1) is 19.3 Å². The SMILES string of the molecule is C=C=CNC/C=c1/c(C)c(N(C)C)c(=O)n2c([N-][NH+](C)CC)c(NCC)c(CCN=C)c12. The Morgan fingerprint density at radius 3 is 2.62 bits per heavy atom.